The first kappa shape index (κ1) is 14.7. The van der Waals surface area contributed by atoms with Crippen molar-refractivity contribution in [2.45, 2.75) is 45.6 Å². The molecular formula is C12H21NO3. The van der Waals surface area contributed by atoms with Crippen LogP contribution in [0.15, 0.2) is 12.7 Å². The van der Waals surface area contributed by atoms with E-state index >= 15 is 0 Å². The molecule has 0 rings (SSSR count). The van der Waals surface area contributed by atoms with Gasteiger partial charge in [-0.15, -0.1) is 6.58 Å². The lowest BCUT2D eigenvalue weighted by Crippen LogP contribution is -2.36. The van der Waals surface area contributed by atoms with E-state index in [1.807, 2.05) is 13.8 Å². The number of unbranched alkanes of at least 4 members (excludes halogenated alkanes) is 1. The second-order valence-electron chi connectivity index (χ2n) is 4.03. The topological polar surface area (TPSA) is 57.6 Å². The largest absolute Gasteiger partial charge is 0.481 e. The first-order chi connectivity index (χ1) is 7.49. The second-order valence-corrected chi connectivity index (χ2v) is 4.03. The zero-order chi connectivity index (χ0) is 12.6. The van der Waals surface area contributed by atoms with Crippen molar-refractivity contribution in [1.82, 2.24) is 4.90 Å². The Kier molecular flexibility index (Phi) is 7.25. The molecule has 0 aromatic carbocycles. The summed E-state index contributed by atoms with van der Waals surface area (Å²) in [4.78, 5) is 23.8. The van der Waals surface area contributed by atoms with E-state index in [0.29, 0.717) is 25.8 Å². The molecule has 0 radical (unpaired) electrons. The van der Waals surface area contributed by atoms with Crippen molar-refractivity contribution in [2.24, 2.45) is 0 Å². The summed E-state index contributed by atoms with van der Waals surface area (Å²) < 4.78 is 0. The van der Waals surface area contributed by atoms with Crippen LogP contribution in [0.1, 0.15) is 39.5 Å². The molecule has 4 heteroatoms. The molecule has 0 saturated carbocycles. The van der Waals surface area contributed by atoms with E-state index in [-0.39, 0.29) is 18.4 Å². The Morgan fingerprint density at radius 2 is 1.88 bits per heavy atom. The molecule has 0 atom stereocenters. The zero-order valence-electron chi connectivity index (χ0n) is 10.1. The molecule has 0 unspecified atom stereocenters. The average Bonchev–Trinajstić information content (AvgIpc) is 2.19. The Hall–Kier alpha value is -1.32. The van der Waals surface area contributed by atoms with Crippen LogP contribution < -0.4 is 0 Å². The van der Waals surface area contributed by atoms with Gasteiger partial charge in [0.1, 0.15) is 0 Å². The summed E-state index contributed by atoms with van der Waals surface area (Å²) in [6.07, 6.45) is 3.44. The van der Waals surface area contributed by atoms with Crippen LogP contribution in [0.5, 0.6) is 0 Å². The molecule has 0 bridgehead atoms. The highest BCUT2D eigenvalue weighted by Gasteiger charge is 2.14. The van der Waals surface area contributed by atoms with Crippen molar-refractivity contribution >= 4 is 11.9 Å². The predicted octanol–water partition coefficient (Wildman–Crippen LogP) is 2.05. The highest BCUT2D eigenvalue weighted by Crippen LogP contribution is 2.06. The SMILES string of the molecule is C=CCN(C(=O)CCCCC(=O)O)C(C)C. The molecular weight excluding hydrogens is 206 g/mol. The van der Waals surface area contributed by atoms with Gasteiger partial charge in [-0.25, -0.2) is 0 Å². The highest BCUT2D eigenvalue weighted by atomic mass is 16.4. The summed E-state index contributed by atoms with van der Waals surface area (Å²) in [5, 5.41) is 8.45. The minimum Gasteiger partial charge on any atom is -0.481 e. The zero-order valence-corrected chi connectivity index (χ0v) is 10.1. The number of carboxylic acid groups (broad SMARTS) is 1. The van der Waals surface area contributed by atoms with Crippen LogP contribution in [0.3, 0.4) is 0 Å². The Morgan fingerprint density at radius 1 is 1.31 bits per heavy atom. The Balaban J connectivity index is 3.92. The molecule has 0 aromatic heterocycles. The van der Waals surface area contributed by atoms with E-state index in [2.05, 4.69) is 6.58 Å². The normalized spacial score (nSPS) is 10.2. The molecule has 16 heavy (non-hydrogen) atoms. The van der Waals surface area contributed by atoms with Crippen molar-refractivity contribution < 1.29 is 14.7 Å². The van der Waals surface area contributed by atoms with Crippen LogP contribution in [0.4, 0.5) is 0 Å². The molecule has 0 fully saturated rings. The summed E-state index contributed by atoms with van der Waals surface area (Å²) in [6, 6.07) is 0.157. The number of nitrogens with zero attached hydrogens (tertiary/aromatic N) is 1. The maximum Gasteiger partial charge on any atom is 0.303 e. The minimum absolute atomic E-state index is 0.0697. The van der Waals surface area contributed by atoms with Gasteiger partial charge in [0.2, 0.25) is 5.91 Å². The van der Waals surface area contributed by atoms with Crippen LogP contribution in [-0.2, 0) is 9.59 Å². The smallest absolute Gasteiger partial charge is 0.303 e. The molecule has 0 spiro atoms. The molecule has 0 aliphatic heterocycles. The van der Waals surface area contributed by atoms with E-state index < -0.39 is 5.97 Å². The quantitative estimate of drug-likeness (QED) is 0.510. The van der Waals surface area contributed by atoms with Crippen LogP contribution in [0.2, 0.25) is 0 Å². The van der Waals surface area contributed by atoms with Gasteiger partial charge >= 0.3 is 5.97 Å². The molecule has 0 aliphatic carbocycles. The summed E-state index contributed by atoms with van der Waals surface area (Å²) in [7, 11) is 0. The van der Waals surface area contributed by atoms with E-state index in [1.54, 1.807) is 11.0 Å². The number of hydrogen-bond donors (Lipinski definition) is 1. The van der Waals surface area contributed by atoms with Gasteiger partial charge in [0, 0.05) is 25.4 Å². The van der Waals surface area contributed by atoms with Crippen LogP contribution in [0, 0.1) is 0 Å². The molecule has 0 saturated heterocycles. The van der Waals surface area contributed by atoms with Gasteiger partial charge in [-0.05, 0) is 26.7 Å². The maximum absolute atomic E-state index is 11.8. The molecule has 0 aliphatic rings. The average molecular weight is 227 g/mol. The fourth-order valence-electron chi connectivity index (χ4n) is 1.44. The van der Waals surface area contributed by atoms with E-state index in [0.717, 1.165) is 0 Å². The monoisotopic (exact) mass is 227 g/mol. The highest BCUT2D eigenvalue weighted by molar-refractivity contribution is 5.76. The van der Waals surface area contributed by atoms with Gasteiger partial charge in [0.25, 0.3) is 0 Å². The third-order valence-electron chi connectivity index (χ3n) is 2.30. The molecule has 4 nitrogen and oxygen atoms in total. The van der Waals surface area contributed by atoms with Gasteiger partial charge in [0.15, 0.2) is 0 Å². The molecule has 1 N–H and O–H groups in total. The molecule has 0 heterocycles. The number of carboxylic acids is 1. The van der Waals surface area contributed by atoms with E-state index in [4.69, 9.17) is 5.11 Å². The summed E-state index contributed by atoms with van der Waals surface area (Å²) >= 11 is 0. The van der Waals surface area contributed by atoms with Crippen LogP contribution >= 0.6 is 0 Å². The van der Waals surface area contributed by atoms with E-state index in [1.165, 1.54) is 0 Å². The number of amides is 1. The first-order valence-corrected chi connectivity index (χ1v) is 5.61. The van der Waals surface area contributed by atoms with Crippen molar-refractivity contribution in [3.8, 4) is 0 Å². The Labute approximate surface area is 96.9 Å². The fourth-order valence-corrected chi connectivity index (χ4v) is 1.44. The minimum atomic E-state index is -0.806. The third kappa shape index (κ3) is 6.22. The van der Waals surface area contributed by atoms with Crippen molar-refractivity contribution in [2.75, 3.05) is 6.54 Å². The third-order valence-corrected chi connectivity index (χ3v) is 2.30. The number of rotatable bonds is 8. The van der Waals surface area contributed by atoms with Gasteiger partial charge in [-0.2, -0.15) is 0 Å². The number of carbonyl (C=O) groups is 2. The lowest BCUT2D eigenvalue weighted by atomic mass is 10.1. The molecule has 0 aromatic rings. The second kappa shape index (κ2) is 7.91. The summed E-state index contributed by atoms with van der Waals surface area (Å²) in [5.74, 6) is -0.737. The Bertz CT molecular complexity index is 249. The first-order valence-electron chi connectivity index (χ1n) is 5.61. The van der Waals surface area contributed by atoms with Crippen LogP contribution in [-0.4, -0.2) is 34.5 Å². The van der Waals surface area contributed by atoms with Gasteiger partial charge in [-0.1, -0.05) is 6.08 Å². The lowest BCUT2D eigenvalue weighted by Gasteiger charge is -2.25. The summed E-state index contributed by atoms with van der Waals surface area (Å²) in [6.45, 7) is 8.08. The molecule has 1 amide bonds. The fraction of sp³-hybridized carbons (Fsp3) is 0.667. The number of carbonyl (C=O) groups excluding carboxylic acids is 1. The predicted molar refractivity (Wildman–Crippen MR) is 63.1 cm³/mol. The van der Waals surface area contributed by atoms with Gasteiger partial charge < -0.3 is 10.0 Å². The summed E-state index contributed by atoms with van der Waals surface area (Å²) in [5.41, 5.74) is 0. The van der Waals surface area contributed by atoms with Crippen molar-refractivity contribution in [1.29, 1.82) is 0 Å². The van der Waals surface area contributed by atoms with Crippen molar-refractivity contribution in [3.05, 3.63) is 12.7 Å². The maximum atomic E-state index is 11.8. The van der Waals surface area contributed by atoms with E-state index in [9.17, 15) is 9.59 Å². The van der Waals surface area contributed by atoms with Gasteiger partial charge in [0.05, 0.1) is 0 Å². The number of hydrogen-bond acceptors (Lipinski definition) is 2. The van der Waals surface area contributed by atoms with Gasteiger partial charge in [-0.3, -0.25) is 9.59 Å². The standard InChI is InChI=1S/C12H21NO3/c1-4-9-13(10(2)3)11(14)7-5-6-8-12(15)16/h4,10H,1,5-9H2,2-3H3,(H,15,16). The lowest BCUT2D eigenvalue weighted by molar-refractivity contribution is -0.137. The number of aliphatic carboxylic acids is 1. The Morgan fingerprint density at radius 3 is 2.31 bits per heavy atom. The molecule has 92 valence electrons. The van der Waals surface area contributed by atoms with Crippen molar-refractivity contribution in [3.63, 3.8) is 0 Å². The van der Waals surface area contributed by atoms with Crippen LogP contribution in [0.25, 0.3) is 0 Å².